The van der Waals surface area contributed by atoms with Gasteiger partial charge in [0.05, 0.1) is 0 Å². The summed E-state index contributed by atoms with van der Waals surface area (Å²) < 4.78 is 2.40. The van der Waals surface area contributed by atoms with Gasteiger partial charge in [0.25, 0.3) is 0 Å². The lowest BCUT2D eigenvalue weighted by Gasteiger charge is -2.25. The van der Waals surface area contributed by atoms with E-state index in [2.05, 4.69) is 69.2 Å². The minimum absolute atomic E-state index is 0.149. The Morgan fingerprint density at radius 3 is 2.56 bits per heavy atom. The number of allylic oxidation sites excluding steroid dienone is 3. The van der Waals surface area contributed by atoms with Gasteiger partial charge >= 0.3 is 0 Å². The third-order valence-corrected chi connectivity index (χ3v) is 4.77. The zero-order valence-corrected chi connectivity index (χ0v) is 16.2. The molecule has 0 radical (unpaired) electrons. The normalized spacial score (nSPS) is 11.4. The van der Waals surface area contributed by atoms with Crippen LogP contribution in [0, 0.1) is 0 Å². The molecule has 0 N–H and O–H groups in total. The van der Waals surface area contributed by atoms with Crippen molar-refractivity contribution in [2.24, 2.45) is 0 Å². The number of hydrogen-bond acceptors (Lipinski definition) is 1. The smallest absolute Gasteiger partial charge is 0.209 e. The number of para-hydroxylation sites is 1. The Balaban J connectivity index is 2.70. The van der Waals surface area contributed by atoms with Gasteiger partial charge in [-0.3, -0.25) is 4.79 Å². The van der Waals surface area contributed by atoms with Crippen LogP contribution in [0.5, 0.6) is 0 Å². The van der Waals surface area contributed by atoms with Crippen LogP contribution in [-0.4, -0.2) is 29.5 Å². The summed E-state index contributed by atoms with van der Waals surface area (Å²) in [5.41, 5.74) is 5.01. The van der Waals surface area contributed by atoms with Crippen LogP contribution in [0.3, 0.4) is 0 Å². The number of rotatable bonds is 8. The standard InChI is InChI=1S/C22H30N2O/c1-7-22(4,5)21-19(13-14-23(6)16-25)18-10-8-9-11-20(18)24(21)15-12-17(2)3/h7-12,16H,1,13-15H2,2-6H3. The monoisotopic (exact) mass is 338 g/mol. The molecule has 25 heavy (non-hydrogen) atoms. The number of amides is 1. The van der Waals surface area contributed by atoms with Crippen molar-refractivity contribution in [2.45, 2.75) is 46.1 Å². The summed E-state index contributed by atoms with van der Waals surface area (Å²) in [6, 6.07) is 8.55. The molecule has 2 rings (SSSR count). The first-order valence-corrected chi connectivity index (χ1v) is 8.85. The van der Waals surface area contributed by atoms with Crippen molar-refractivity contribution >= 4 is 17.3 Å². The number of carbonyl (C=O) groups excluding carboxylic acids is 1. The maximum absolute atomic E-state index is 11.0. The van der Waals surface area contributed by atoms with Gasteiger partial charge in [-0.1, -0.05) is 49.8 Å². The van der Waals surface area contributed by atoms with Gasteiger partial charge in [-0.05, 0) is 31.9 Å². The largest absolute Gasteiger partial charge is 0.348 e. The lowest BCUT2D eigenvalue weighted by molar-refractivity contribution is -0.116. The summed E-state index contributed by atoms with van der Waals surface area (Å²) >= 11 is 0. The van der Waals surface area contributed by atoms with Crippen LogP contribution in [0.2, 0.25) is 0 Å². The van der Waals surface area contributed by atoms with E-state index >= 15 is 0 Å². The molecule has 0 aliphatic rings. The molecule has 3 nitrogen and oxygen atoms in total. The van der Waals surface area contributed by atoms with E-state index in [1.54, 1.807) is 4.90 Å². The van der Waals surface area contributed by atoms with Gasteiger partial charge in [-0.2, -0.15) is 0 Å². The second-order valence-corrected chi connectivity index (χ2v) is 7.50. The highest BCUT2D eigenvalue weighted by molar-refractivity contribution is 5.86. The molecule has 0 atom stereocenters. The Morgan fingerprint density at radius 1 is 1.28 bits per heavy atom. The first-order valence-electron chi connectivity index (χ1n) is 8.85. The Bertz CT molecular complexity index is 792. The van der Waals surface area contributed by atoms with Crippen LogP contribution in [0.25, 0.3) is 10.9 Å². The van der Waals surface area contributed by atoms with Gasteiger partial charge in [-0.15, -0.1) is 6.58 Å². The van der Waals surface area contributed by atoms with E-state index in [4.69, 9.17) is 0 Å². The quantitative estimate of drug-likeness (QED) is 0.506. The lowest BCUT2D eigenvalue weighted by atomic mass is 9.85. The Hall–Kier alpha value is -2.29. The molecule has 2 aromatic rings. The average molecular weight is 338 g/mol. The summed E-state index contributed by atoms with van der Waals surface area (Å²) in [5.74, 6) is 0. The van der Waals surface area contributed by atoms with Gasteiger partial charge in [0.1, 0.15) is 0 Å². The predicted molar refractivity (Wildman–Crippen MR) is 107 cm³/mol. The molecule has 1 aromatic heterocycles. The number of likely N-dealkylation sites (N-methyl/N-ethyl adjacent to an activating group) is 1. The molecule has 0 aliphatic heterocycles. The highest BCUT2D eigenvalue weighted by Gasteiger charge is 2.27. The number of carbonyl (C=O) groups is 1. The van der Waals surface area contributed by atoms with Crippen LogP contribution in [0.1, 0.15) is 39.0 Å². The number of fused-ring (bicyclic) bond motifs is 1. The van der Waals surface area contributed by atoms with Gasteiger partial charge in [0, 0.05) is 42.1 Å². The topological polar surface area (TPSA) is 25.2 Å². The van der Waals surface area contributed by atoms with Gasteiger partial charge in [0.15, 0.2) is 0 Å². The molecule has 3 heteroatoms. The molecule has 1 aromatic carbocycles. The fourth-order valence-electron chi connectivity index (χ4n) is 3.27. The summed E-state index contributed by atoms with van der Waals surface area (Å²) in [4.78, 5) is 12.7. The first kappa shape index (κ1) is 19.0. The van der Waals surface area contributed by atoms with E-state index in [1.807, 2.05) is 13.1 Å². The average Bonchev–Trinajstić information content (AvgIpc) is 2.92. The fraction of sp³-hybridized carbons (Fsp3) is 0.409. The summed E-state index contributed by atoms with van der Waals surface area (Å²) in [7, 11) is 1.83. The van der Waals surface area contributed by atoms with Crippen LogP contribution in [-0.2, 0) is 23.2 Å². The minimum Gasteiger partial charge on any atom is -0.348 e. The molecule has 1 amide bonds. The van der Waals surface area contributed by atoms with Crippen molar-refractivity contribution in [3.8, 4) is 0 Å². The highest BCUT2D eigenvalue weighted by atomic mass is 16.1. The van der Waals surface area contributed by atoms with E-state index in [0.717, 1.165) is 19.4 Å². The second-order valence-electron chi connectivity index (χ2n) is 7.50. The third-order valence-electron chi connectivity index (χ3n) is 4.77. The molecule has 1 heterocycles. The second kappa shape index (κ2) is 7.73. The third kappa shape index (κ3) is 4.04. The summed E-state index contributed by atoms with van der Waals surface area (Å²) in [5, 5.41) is 1.27. The number of hydrogen-bond donors (Lipinski definition) is 0. The fourth-order valence-corrected chi connectivity index (χ4v) is 3.27. The van der Waals surface area contributed by atoms with Crippen molar-refractivity contribution < 1.29 is 4.79 Å². The molecule has 0 spiro atoms. The molecule has 0 unspecified atom stereocenters. The van der Waals surface area contributed by atoms with Crippen molar-refractivity contribution in [1.29, 1.82) is 0 Å². The number of nitrogens with zero attached hydrogens (tertiary/aromatic N) is 2. The van der Waals surface area contributed by atoms with Crippen LogP contribution >= 0.6 is 0 Å². The SMILES string of the molecule is C=CC(C)(C)c1c(CCN(C)C=O)c2ccccc2n1CC=C(C)C. The zero-order chi connectivity index (χ0) is 18.6. The molecule has 0 aliphatic carbocycles. The van der Waals surface area contributed by atoms with Crippen molar-refractivity contribution in [2.75, 3.05) is 13.6 Å². The Morgan fingerprint density at radius 2 is 1.96 bits per heavy atom. The van der Waals surface area contributed by atoms with Crippen LogP contribution in [0.15, 0.2) is 48.6 Å². The molecule has 0 bridgehead atoms. The summed E-state index contributed by atoms with van der Waals surface area (Å²) in [6.07, 6.45) is 6.01. The van der Waals surface area contributed by atoms with Gasteiger partial charge in [-0.25, -0.2) is 0 Å². The van der Waals surface area contributed by atoms with Crippen molar-refractivity contribution in [3.63, 3.8) is 0 Å². The molecule has 0 saturated carbocycles. The maximum Gasteiger partial charge on any atom is 0.209 e. The van der Waals surface area contributed by atoms with Gasteiger partial charge in [0.2, 0.25) is 6.41 Å². The number of benzene rings is 1. The van der Waals surface area contributed by atoms with Gasteiger partial charge < -0.3 is 9.47 Å². The Labute approximate surface area is 151 Å². The summed E-state index contributed by atoms with van der Waals surface area (Å²) in [6.45, 7) is 14.3. The molecular formula is C22H30N2O. The zero-order valence-electron chi connectivity index (χ0n) is 16.2. The van der Waals surface area contributed by atoms with E-state index < -0.39 is 0 Å². The van der Waals surface area contributed by atoms with Crippen molar-refractivity contribution in [3.05, 3.63) is 59.8 Å². The van der Waals surface area contributed by atoms with Crippen LogP contribution in [0.4, 0.5) is 0 Å². The van der Waals surface area contributed by atoms with E-state index in [9.17, 15) is 4.79 Å². The predicted octanol–water partition coefficient (Wildman–Crippen LogP) is 4.70. The Kier molecular flexibility index (Phi) is 5.89. The van der Waals surface area contributed by atoms with E-state index in [0.29, 0.717) is 6.54 Å². The lowest BCUT2D eigenvalue weighted by Crippen LogP contribution is -2.23. The van der Waals surface area contributed by atoms with Crippen LogP contribution < -0.4 is 0 Å². The molecule has 0 fully saturated rings. The molecule has 134 valence electrons. The van der Waals surface area contributed by atoms with E-state index in [-0.39, 0.29) is 5.41 Å². The number of aromatic nitrogens is 1. The van der Waals surface area contributed by atoms with E-state index in [1.165, 1.54) is 27.7 Å². The highest BCUT2D eigenvalue weighted by Crippen LogP contribution is 2.36. The molecule has 0 saturated heterocycles. The molecular weight excluding hydrogens is 308 g/mol. The first-order chi connectivity index (χ1) is 11.8. The minimum atomic E-state index is -0.149. The maximum atomic E-state index is 11.0. The van der Waals surface area contributed by atoms with Crippen molar-refractivity contribution in [1.82, 2.24) is 9.47 Å².